The summed E-state index contributed by atoms with van der Waals surface area (Å²) in [5.74, 6) is -0.152. The van der Waals surface area contributed by atoms with E-state index in [1.807, 2.05) is 6.92 Å². The molecule has 6 nitrogen and oxygen atoms in total. The third-order valence-corrected chi connectivity index (χ3v) is 3.63. The number of nitrogens with one attached hydrogen (secondary N) is 1. The van der Waals surface area contributed by atoms with Crippen molar-refractivity contribution < 1.29 is 13.2 Å². The predicted octanol–water partition coefficient (Wildman–Crippen LogP) is 0.639. The second-order valence-electron chi connectivity index (χ2n) is 5.57. The van der Waals surface area contributed by atoms with Gasteiger partial charge in [0.2, 0.25) is 15.9 Å². The Kier molecular flexibility index (Phi) is 4.90. The van der Waals surface area contributed by atoms with Crippen molar-refractivity contribution >= 4 is 15.9 Å². The van der Waals surface area contributed by atoms with Crippen LogP contribution in [0.3, 0.4) is 0 Å². The van der Waals surface area contributed by atoms with Crippen LogP contribution in [0.25, 0.3) is 0 Å². The van der Waals surface area contributed by atoms with Gasteiger partial charge in [0.15, 0.2) is 0 Å². The van der Waals surface area contributed by atoms with Crippen molar-refractivity contribution in [2.45, 2.75) is 43.7 Å². The zero-order valence-corrected chi connectivity index (χ0v) is 12.7. The first-order valence-corrected chi connectivity index (χ1v) is 7.75. The van der Waals surface area contributed by atoms with Gasteiger partial charge < -0.3 is 11.1 Å². The molecule has 20 heavy (non-hydrogen) atoms. The lowest BCUT2D eigenvalue weighted by Crippen LogP contribution is -2.39. The minimum absolute atomic E-state index is 0.0443. The van der Waals surface area contributed by atoms with E-state index in [1.54, 1.807) is 26.0 Å². The largest absolute Gasteiger partial charge is 0.350 e. The van der Waals surface area contributed by atoms with E-state index in [1.165, 1.54) is 12.1 Å². The number of carbonyl (C=O) groups excluding carboxylic acids is 1. The summed E-state index contributed by atoms with van der Waals surface area (Å²) >= 11 is 0. The Morgan fingerprint density at radius 3 is 2.20 bits per heavy atom. The molecule has 0 aliphatic rings. The summed E-state index contributed by atoms with van der Waals surface area (Å²) in [6, 6.07) is 5.84. The second-order valence-corrected chi connectivity index (χ2v) is 7.13. The van der Waals surface area contributed by atoms with Gasteiger partial charge in [-0.3, -0.25) is 4.79 Å². The summed E-state index contributed by atoms with van der Waals surface area (Å²) in [7, 11) is -3.70. The molecule has 1 aromatic carbocycles. The standard InChI is InChI=1S/C13H21N3O3S/c1-9(16-12(17)8-13(2,3)14)10-4-6-11(7-5-10)20(15,18)19/h4-7,9H,8,14H2,1-3H3,(H,16,17)(H2,15,18,19). The fraction of sp³-hybridized carbons (Fsp3) is 0.462. The highest BCUT2D eigenvalue weighted by atomic mass is 32.2. The van der Waals surface area contributed by atoms with Crippen LogP contribution in [-0.4, -0.2) is 19.9 Å². The van der Waals surface area contributed by atoms with Gasteiger partial charge in [0.25, 0.3) is 0 Å². The van der Waals surface area contributed by atoms with Crippen LogP contribution in [0.2, 0.25) is 0 Å². The van der Waals surface area contributed by atoms with E-state index >= 15 is 0 Å². The van der Waals surface area contributed by atoms with Crippen molar-refractivity contribution in [1.29, 1.82) is 0 Å². The molecule has 0 saturated heterocycles. The molecule has 0 radical (unpaired) electrons. The normalized spacial score (nSPS) is 13.8. The number of carbonyl (C=O) groups is 1. The van der Waals surface area contributed by atoms with Crippen LogP contribution in [0.5, 0.6) is 0 Å². The van der Waals surface area contributed by atoms with E-state index in [4.69, 9.17) is 10.9 Å². The monoisotopic (exact) mass is 299 g/mol. The van der Waals surface area contributed by atoms with Gasteiger partial charge in [0, 0.05) is 12.0 Å². The molecule has 7 heteroatoms. The molecule has 1 aromatic rings. The van der Waals surface area contributed by atoms with Gasteiger partial charge in [0.1, 0.15) is 0 Å². The first-order valence-electron chi connectivity index (χ1n) is 6.20. The molecule has 0 heterocycles. The Hall–Kier alpha value is -1.44. The lowest BCUT2D eigenvalue weighted by Gasteiger charge is -2.20. The highest BCUT2D eigenvalue weighted by Gasteiger charge is 2.18. The molecule has 0 fully saturated rings. The van der Waals surface area contributed by atoms with Crippen molar-refractivity contribution in [1.82, 2.24) is 5.32 Å². The number of primary sulfonamides is 1. The fourth-order valence-electron chi connectivity index (χ4n) is 1.74. The average Bonchev–Trinajstić information content (AvgIpc) is 2.25. The third-order valence-electron chi connectivity index (χ3n) is 2.70. The Labute approximate surface area is 119 Å². The SMILES string of the molecule is CC(NC(=O)CC(C)(C)N)c1ccc(S(N)(=O)=O)cc1. The zero-order chi connectivity index (χ0) is 15.6. The van der Waals surface area contributed by atoms with E-state index in [0.29, 0.717) is 0 Å². The van der Waals surface area contributed by atoms with Gasteiger partial charge in [-0.25, -0.2) is 13.6 Å². The van der Waals surface area contributed by atoms with Crippen molar-refractivity contribution in [2.24, 2.45) is 10.9 Å². The summed E-state index contributed by atoms with van der Waals surface area (Å²) < 4.78 is 22.3. The van der Waals surface area contributed by atoms with E-state index in [9.17, 15) is 13.2 Å². The fourth-order valence-corrected chi connectivity index (χ4v) is 2.25. The van der Waals surface area contributed by atoms with Gasteiger partial charge in [-0.1, -0.05) is 12.1 Å². The summed E-state index contributed by atoms with van der Waals surface area (Å²) in [6.45, 7) is 5.36. The number of hydrogen-bond donors (Lipinski definition) is 3. The Morgan fingerprint density at radius 1 is 1.30 bits per heavy atom. The van der Waals surface area contributed by atoms with E-state index in [-0.39, 0.29) is 23.3 Å². The molecule has 1 rings (SSSR count). The molecule has 0 saturated carbocycles. The van der Waals surface area contributed by atoms with Crippen molar-refractivity contribution in [3.05, 3.63) is 29.8 Å². The molecule has 1 unspecified atom stereocenters. The highest BCUT2D eigenvalue weighted by molar-refractivity contribution is 7.89. The number of nitrogens with two attached hydrogens (primary N) is 2. The van der Waals surface area contributed by atoms with E-state index < -0.39 is 15.6 Å². The molecule has 5 N–H and O–H groups in total. The van der Waals surface area contributed by atoms with Gasteiger partial charge in [-0.05, 0) is 38.5 Å². The minimum Gasteiger partial charge on any atom is -0.350 e. The molecule has 0 aliphatic carbocycles. The maximum absolute atomic E-state index is 11.8. The van der Waals surface area contributed by atoms with Crippen molar-refractivity contribution in [3.8, 4) is 0 Å². The number of benzene rings is 1. The zero-order valence-electron chi connectivity index (χ0n) is 11.9. The van der Waals surface area contributed by atoms with Crippen LogP contribution in [0.1, 0.15) is 38.8 Å². The molecule has 1 atom stereocenters. The van der Waals surface area contributed by atoms with E-state index in [2.05, 4.69) is 5.32 Å². The Balaban J connectivity index is 2.74. The molecular formula is C13H21N3O3S. The van der Waals surface area contributed by atoms with Gasteiger partial charge in [0.05, 0.1) is 10.9 Å². The topological polar surface area (TPSA) is 115 Å². The molecule has 0 aromatic heterocycles. The Bertz CT molecular complexity index is 574. The third kappa shape index (κ3) is 5.28. The maximum Gasteiger partial charge on any atom is 0.238 e. The first kappa shape index (κ1) is 16.6. The number of rotatable bonds is 5. The van der Waals surface area contributed by atoms with Crippen LogP contribution in [0, 0.1) is 0 Å². The first-order chi connectivity index (χ1) is 8.99. The van der Waals surface area contributed by atoms with Crippen molar-refractivity contribution in [3.63, 3.8) is 0 Å². The maximum atomic E-state index is 11.8. The Morgan fingerprint density at radius 2 is 1.80 bits per heavy atom. The minimum atomic E-state index is -3.70. The van der Waals surface area contributed by atoms with Crippen LogP contribution >= 0.6 is 0 Å². The predicted molar refractivity (Wildman–Crippen MR) is 77.3 cm³/mol. The summed E-state index contributed by atoms with van der Waals surface area (Å²) in [5.41, 5.74) is 6.00. The molecule has 0 spiro atoms. The molecule has 0 bridgehead atoms. The van der Waals surface area contributed by atoms with Crippen LogP contribution in [0.15, 0.2) is 29.2 Å². The van der Waals surface area contributed by atoms with Crippen LogP contribution in [0.4, 0.5) is 0 Å². The van der Waals surface area contributed by atoms with Crippen LogP contribution < -0.4 is 16.2 Å². The summed E-state index contributed by atoms with van der Waals surface area (Å²) in [4.78, 5) is 11.8. The summed E-state index contributed by atoms with van der Waals surface area (Å²) in [6.07, 6.45) is 0.215. The molecular weight excluding hydrogens is 278 g/mol. The number of amides is 1. The van der Waals surface area contributed by atoms with E-state index in [0.717, 1.165) is 5.56 Å². The molecule has 112 valence electrons. The quantitative estimate of drug-likeness (QED) is 0.739. The lowest BCUT2D eigenvalue weighted by molar-refractivity contribution is -0.122. The van der Waals surface area contributed by atoms with Gasteiger partial charge in [-0.2, -0.15) is 0 Å². The summed E-state index contributed by atoms with van der Waals surface area (Å²) in [5, 5.41) is 7.83. The number of sulfonamides is 1. The molecule has 1 amide bonds. The number of hydrogen-bond acceptors (Lipinski definition) is 4. The smallest absolute Gasteiger partial charge is 0.238 e. The highest BCUT2D eigenvalue weighted by Crippen LogP contribution is 2.16. The van der Waals surface area contributed by atoms with Crippen LogP contribution in [-0.2, 0) is 14.8 Å². The van der Waals surface area contributed by atoms with Crippen molar-refractivity contribution in [2.75, 3.05) is 0 Å². The second kappa shape index (κ2) is 5.90. The average molecular weight is 299 g/mol. The molecule has 0 aliphatic heterocycles. The van der Waals surface area contributed by atoms with Gasteiger partial charge >= 0.3 is 0 Å². The lowest BCUT2D eigenvalue weighted by atomic mass is 10.0. The van der Waals surface area contributed by atoms with Gasteiger partial charge in [-0.15, -0.1) is 0 Å².